The molecule has 5 rings (SSSR count). The number of fused-ring (bicyclic) bond motifs is 2. The first kappa shape index (κ1) is 27.5. The predicted octanol–water partition coefficient (Wildman–Crippen LogP) is 3.85. The van der Waals surface area contributed by atoms with Gasteiger partial charge in [0, 0.05) is 62.0 Å². The van der Waals surface area contributed by atoms with Crippen LogP contribution in [0.3, 0.4) is 0 Å². The second kappa shape index (κ2) is 12.4. The Morgan fingerprint density at radius 2 is 1.85 bits per heavy atom. The van der Waals surface area contributed by atoms with Crippen molar-refractivity contribution >= 4 is 44.7 Å². The molecule has 39 heavy (non-hydrogen) atoms. The van der Waals surface area contributed by atoms with Crippen LogP contribution in [0.25, 0.3) is 10.1 Å². The normalized spacial score (nSPS) is 16.9. The van der Waals surface area contributed by atoms with Crippen molar-refractivity contribution in [2.75, 3.05) is 70.0 Å². The zero-order chi connectivity index (χ0) is 27.4. The second-order valence-corrected chi connectivity index (χ2v) is 10.7. The maximum absolute atomic E-state index is 14.2. The van der Waals surface area contributed by atoms with Crippen molar-refractivity contribution in [1.82, 2.24) is 4.90 Å². The van der Waals surface area contributed by atoms with Crippen LogP contribution in [0.15, 0.2) is 41.8 Å². The van der Waals surface area contributed by atoms with Crippen molar-refractivity contribution in [3.05, 3.63) is 58.7 Å². The van der Waals surface area contributed by atoms with E-state index in [2.05, 4.69) is 21.9 Å². The minimum Gasteiger partial charge on any atom is -0.466 e. The number of nitrogens with zero attached hydrogens (tertiary/aromatic N) is 3. The third-order valence-electron chi connectivity index (χ3n) is 7.43. The van der Waals surface area contributed by atoms with Gasteiger partial charge in [-0.2, -0.15) is 0 Å². The number of halogens is 1. The lowest BCUT2D eigenvalue weighted by Gasteiger charge is -2.37. The lowest BCUT2D eigenvalue weighted by Crippen LogP contribution is -2.50. The molecule has 1 saturated heterocycles. The number of anilines is 2. The van der Waals surface area contributed by atoms with Gasteiger partial charge in [-0.3, -0.25) is 14.6 Å². The lowest BCUT2D eigenvalue weighted by molar-refractivity contribution is -0.156. The number of esters is 1. The molecule has 0 aliphatic carbocycles. The molecule has 0 radical (unpaired) electrons. The van der Waals surface area contributed by atoms with E-state index in [0.717, 1.165) is 66.0 Å². The number of ether oxygens (including phenoxy) is 3. The second-order valence-electron chi connectivity index (χ2n) is 9.80. The molecule has 1 aromatic heterocycles. The van der Waals surface area contributed by atoms with E-state index in [4.69, 9.17) is 14.2 Å². The van der Waals surface area contributed by atoms with Gasteiger partial charge in [-0.25, -0.2) is 9.18 Å². The average Bonchev–Trinajstić information content (AvgIpc) is 3.42. The highest BCUT2D eigenvalue weighted by Crippen LogP contribution is 2.33. The Morgan fingerprint density at radius 3 is 2.62 bits per heavy atom. The number of piperazine rings is 1. The van der Waals surface area contributed by atoms with Crippen molar-refractivity contribution in [3.8, 4) is 0 Å². The van der Waals surface area contributed by atoms with Crippen LogP contribution < -0.4 is 9.80 Å². The zero-order valence-corrected chi connectivity index (χ0v) is 23.2. The van der Waals surface area contributed by atoms with Crippen LogP contribution in [0.5, 0.6) is 0 Å². The molecule has 3 heterocycles. The van der Waals surface area contributed by atoms with Crippen molar-refractivity contribution < 1.29 is 28.2 Å². The van der Waals surface area contributed by atoms with Gasteiger partial charge in [0.05, 0.1) is 26.0 Å². The Kier molecular flexibility index (Phi) is 8.76. The Morgan fingerprint density at radius 1 is 1.03 bits per heavy atom. The monoisotopic (exact) mass is 555 g/mol. The zero-order valence-electron chi connectivity index (χ0n) is 22.4. The van der Waals surface area contributed by atoms with E-state index < -0.39 is 12.2 Å². The fourth-order valence-electron chi connectivity index (χ4n) is 5.33. The minimum atomic E-state index is -1.16. The van der Waals surface area contributed by atoms with Crippen LogP contribution in [-0.4, -0.2) is 83.2 Å². The van der Waals surface area contributed by atoms with Gasteiger partial charge in [-0.15, -0.1) is 11.3 Å². The third kappa shape index (κ3) is 6.09. The van der Waals surface area contributed by atoms with Gasteiger partial charge in [0.1, 0.15) is 5.82 Å². The number of hydrogen-bond donors (Lipinski definition) is 0. The molecular formula is C29H34FN3O5S. The first-order valence-corrected chi connectivity index (χ1v) is 14.1. The molecule has 1 amide bonds. The topological polar surface area (TPSA) is 71.5 Å². The molecule has 2 aliphatic rings. The lowest BCUT2D eigenvalue weighted by atomic mass is 9.97. The van der Waals surface area contributed by atoms with E-state index >= 15 is 0 Å². The van der Waals surface area contributed by atoms with E-state index in [1.165, 1.54) is 12.0 Å². The highest BCUT2D eigenvalue weighted by Gasteiger charge is 2.36. The van der Waals surface area contributed by atoms with Crippen LogP contribution in [-0.2, 0) is 36.6 Å². The van der Waals surface area contributed by atoms with Crippen molar-refractivity contribution in [2.45, 2.75) is 25.5 Å². The fraction of sp³-hybridized carbons (Fsp3) is 0.448. The van der Waals surface area contributed by atoms with Gasteiger partial charge in [0.15, 0.2) is 0 Å². The highest BCUT2D eigenvalue weighted by molar-refractivity contribution is 7.17. The van der Waals surface area contributed by atoms with Gasteiger partial charge in [-0.05, 0) is 53.6 Å². The summed E-state index contributed by atoms with van der Waals surface area (Å²) in [6.07, 6.45) is 0.576. The van der Waals surface area contributed by atoms with Gasteiger partial charge >= 0.3 is 5.97 Å². The Hall–Kier alpha value is -3.05. The van der Waals surface area contributed by atoms with Crippen LogP contribution in [0, 0.1) is 5.82 Å². The predicted molar refractivity (Wildman–Crippen MR) is 150 cm³/mol. The Balaban J connectivity index is 1.24. The van der Waals surface area contributed by atoms with E-state index in [1.807, 2.05) is 17.5 Å². The summed E-state index contributed by atoms with van der Waals surface area (Å²) in [5.74, 6) is -0.977. The molecular weight excluding hydrogens is 521 g/mol. The Labute approximate surface area is 231 Å². The molecule has 208 valence electrons. The number of hydrogen-bond acceptors (Lipinski definition) is 8. The molecule has 2 aromatic carbocycles. The van der Waals surface area contributed by atoms with Gasteiger partial charge in [0.2, 0.25) is 12.1 Å². The summed E-state index contributed by atoms with van der Waals surface area (Å²) >= 11 is 1.56. The standard InChI is InChI=1S/C29H34FN3O5S/c1-36-14-15-38-28(29(35)37-2)33-24-17-20(3-4-21(24)5-6-27(33)34)7-9-31-10-12-32(13-11-31)25-18-22(30)19-26-23(25)8-16-39-26/h3-4,8,16-19,28H,5-7,9-15H2,1-2H3. The summed E-state index contributed by atoms with van der Waals surface area (Å²) < 4.78 is 30.9. The molecule has 1 unspecified atom stereocenters. The summed E-state index contributed by atoms with van der Waals surface area (Å²) in [6.45, 7) is 4.76. The number of aryl methyl sites for hydroxylation is 1. The smallest absolute Gasteiger partial charge is 0.356 e. The number of amides is 1. The molecule has 0 saturated carbocycles. The number of carbonyl (C=O) groups excluding carboxylic acids is 2. The maximum Gasteiger partial charge on any atom is 0.356 e. The molecule has 0 bridgehead atoms. The molecule has 0 N–H and O–H groups in total. The summed E-state index contributed by atoms with van der Waals surface area (Å²) in [7, 11) is 2.84. The van der Waals surface area contributed by atoms with Crippen LogP contribution >= 0.6 is 11.3 Å². The molecule has 2 aliphatic heterocycles. The largest absolute Gasteiger partial charge is 0.466 e. The van der Waals surface area contributed by atoms with E-state index in [0.29, 0.717) is 25.1 Å². The first-order chi connectivity index (χ1) is 19.0. The molecule has 8 nitrogen and oxygen atoms in total. The molecule has 3 aromatic rings. The highest BCUT2D eigenvalue weighted by atomic mass is 32.1. The Bertz CT molecular complexity index is 1320. The third-order valence-corrected chi connectivity index (χ3v) is 8.29. The van der Waals surface area contributed by atoms with Crippen LogP contribution in [0.2, 0.25) is 0 Å². The van der Waals surface area contributed by atoms with Crippen molar-refractivity contribution in [1.29, 1.82) is 0 Å². The molecule has 1 atom stereocenters. The number of carbonyl (C=O) groups is 2. The molecule has 10 heteroatoms. The van der Waals surface area contributed by atoms with Gasteiger partial charge < -0.3 is 19.1 Å². The molecule has 0 spiro atoms. The number of benzene rings is 2. The minimum absolute atomic E-state index is 0.161. The van der Waals surface area contributed by atoms with E-state index in [1.54, 1.807) is 30.6 Å². The van der Waals surface area contributed by atoms with Gasteiger partial charge in [-0.1, -0.05) is 12.1 Å². The fourth-order valence-corrected chi connectivity index (χ4v) is 6.16. The SMILES string of the molecule is COCCOC(C(=O)OC)N1C(=O)CCc2ccc(CCN3CCN(c4cc(F)cc5sccc45)CC3)cc21. The van der Waals surface area contributed by atoms with E-state index in [-0.39, 0.29) is 18.3 Å². The number of rotatable bonds is 10. The maximum atomic E-state index is 14.2. The number of methoxy groups -OCH3 is 2. The summed E-state index contributed by atoms with van der Waals surface area (Å²) in [5.41, 5.74) is 3.76. The summed E-state index contributed by atoms with van der Waals surface area (Å²) in [4.78, 5) is 31.7. The van der Waals surface area contributed by atoms with Crippen molar-refractivity contribution in [2.24, 2.45) is 0 Å². The molecule has 1 fully saturated rings. The van der Waals surface area contributed by atoms with Crippen LogP contribution in [0.4, 0.5) is 15.8 Å². The van der Waals surface area contributed by atoms with E-state index in [9.17, 15) is 14.0 Å². The van der Waals surface area contributed by atoms with Crippen LogP contribution in [0.1, 0.15) is 17.5 Å². The first-order valence-electron chi connectivity index (χ1n) is 13.2. The summed E-state index contributed by atoms with van der Waals surface area (Å²) in [5, 5.41) is 3.12. The average molecular weight is 556 g/mol. The van der Waals surface area contributed by atoms with Gasteiger partial charge in [0.25, 0.3) is 0 Å². The quantitative estimate of drug-likeness (QED) is 0.278. The van der Waals surface area contributed by atoms with Crippen molar-refractivity contribution in [3.63, 3.8) is 0 Å². The number of thiophene rings is 1. The summed E-state index contributed by atoms with van der Waals surface area (Å²) in [6, 6.07) is 11.5.